The molecule has 0 aliphatic carbocycles. The molecule has 7 nitrogen and oxygen atoms in total. The monoisotopic (exact) mass is 347 g/mol. The Labute approximate surface area is 142 Å². The number of carbonyl (C=O) groups excluding carboxylic acids is 1. The summed E-state index contributed by atoms with van der Waals surface area (Å²) in [5, 5.41) is 14.2. The summed E-state index contributed by atoms with van der Waals surface area (Å²) in [5.74, 6) is -0.467. The number of nitrogens with zero attached hydrogens (tertiary/aromatic N) is 1. The molecule has 3 rings (SSSR count). The highest BCUT2D eigenvalue weighted by molar-refractivity contribution is 8.00. The minimum absolute atomic E-state index is 0.0140. The summed E-state index contributed by atoms with van der Waals surface area (Å²) in [7, 11) is 0. The van der Waals surface area contributed by atoms with Crippen LogP contribution in [0.5, 0.6) is 0 Å². The second-order valence-corrected chi connectivity index (χ2v) is 6.93. The molecule has 8 heteroatoms. The second-order valence-electron chi connectivity index (χ2n) is 5.83. The van der Waals surface area contributed by atoms with Gasteiger partial charge in [-0.1, -0.05) is 12.1 Å². The molecule has 0 radical (unpaired) electrons. The summed E-state index contributed by atoms with van der Waals surface area (Å²) in [4.78, 5) is 35.5. The molecule has 2 heterocycles. The van der Waals surface area contributed by atoms with Gasteiger partial charge in [-0.15, -0.1) is 11.8 Å². The number of aromatic amines is 1. The van der Waals surface area contributed by atoms with Crippen LogP contribution >= 0.6 is 11.8 Å². The number of amides is 1. The van der Waals surface area contributed by atoms with Crippen LogP contribution in [0.4, 0.5) is 5.82 Å². The first-order valence-electron chi connectivity index (χ1n) is 7.47. The van der Waals surface area contributed by atoms with Gasteiger partial charge in [-0.3, -0.25) is 19.4 Å². The molecule has 0 saturated heterocycles. The maximum atomic E-state index is 12.5. The Hall–Kier alpha value is -2.48. The minimum atomic E-state index is -1.00. The van der Waals surface area contributed by atoms with E-state index in [0.717, 1.165) is 5.56 Å². The van der Waals surface area contributed by atoms with Gasteiger partial charge in [-0.25, -0.2) is 4.79 Å². The molecule has 1 aromatic heterocycles. The molecule has 2 aromatic rings. The molecule has 0 fully saturated rings. The first kappa shape index (κ1) is 16.4. The molecule has 126 valence electrons. The van der Waals surface area contributed by atoms with Crippen molar-refractivity contribution in [1.29, 1.82) is 0 Å². The van der Waals surface area contributed by atoms with Crippen molar-refractivity contribution in [3.63, 3.8) is 0 Å². The molecule has 1 aliphatic heterocycles. The second kappa shape index (κ2) is 6.20. The van der Waals surface area contributed by atoms with Gasteiger partial charge < -0.3 is 10.4 Å². The topological polar surface area (TPSA) is 104 Å². The van der Waals surface area contributed by atoms with E-state index in [1.54, 1.807) is 16.8 Å². The van der Waals surface area contributed by atoms with E-state index >= 15 is 0 Å². The highest BCUT2D eigenvalue weighted by atomic mass is 32.2. The summed E-state index contributed by atoms with van der Waals surface area (Å²) >= 11 is 1.35. The normalized spacial score (nSPS) is 17.3. The number of aromatic carboxylic acids is 1. The van der Waals surface area contributed by atoms with Crippen molar-refractivity contribution < 1.29 is 14.7 Å². The van der Waals surface area contributed by atoms with Crippen LogP contribution in [0.3, 0.4) is 0 Å². The van der Waals surface area contributed by atoms with Crippen molar-refractivity contribution in [2.45, 2.75) is 25.1 Å². The maximum absolute atomic E-state index is 12.5. The summed E-state index contributed by atoms with van der Waals surface area (Å²) < 4.78 is 1.65. The summed E-state index contributed by atoms with van der Waals surface area (Å²) in [6, 6.07) is 6.37. The van der Waals surface area contributed by atoms with Crippen LogP contribution in [0, 0.1) is 0 Å². The van der Waals surface area contributed by atoms with E-state index in [-0.39, 0.29) is 34.1 Å². The number of anilines is 1. The molecule has 0 unspecified atom stereocenters. The predicted octanol–water partition coefficient (Wildman–Crippen LogP) is 2.23. The van der Waals surface area contributed by atoms with Crippen molar-refractivity contribution in [2.75, 3.05) is 11.1 Å². The van der Waals surface area contributed by atoms with Crippen LogP contribution in [0.1, 0.15) is 46.6 Å². The van der Waals surface area contributed by atoms with E-state index in [4.69, 9.17) is 5.11 Å². The first-order chi connectivity index (χ1) is 11.4. The van der Waals surface area contributed by atoms with Crippen LogP contribution < -0.4 is 10.9 Å². The zero-order valence-electron chi connectivity index (χ0n) is 13.2. The van der Waals surface area contributed by atoms with Gasteiger partial charge in [0.15, 0.2) is 0 Å². The SMILES string of the molecule is CC(C)n1[nH]c(=O)c2c1NC(=O)CS[C@@H]2c1ccc(C(=O)O)cc1. The predicted molar refractivity (Wildman–Crippen MR) is 91.8 cm³/mol. The van der Waals surface area contributed by atoms with Gasteiger partial charge in [0.25, 0.3) is 5.56 Å². The summed E-state index contributed by atoms with van der Waals surface area (Å²) in [5.41, 5.74) is 1.21. The van der Waals surface area contributed by atoms with Gasteiger partial charge in [0.2, 0.25) is 5.91 Å². The number of aromatic nitrogens is 2. The molecule has 0 saturated carbocycles. The highest BCUT2D eigenvalue weighted by Crippen LogP contribution is 2.40. The van der Waals surface area contributed by atoms with Gasteiger partial charge in [0.1, 0.15) is 5.82 Å². The number of carbonyl (C=O) groups is 2. The standard InChI is InChI=1S/C16H17N3O4S/c1-8(2)19-14-12(15(21)18-19)13(24-7-11(20)17-14)9-3-5-10(6-4-9)16(22)23/h3-6,8,13H,7H2,1-2H3,(H,17,20)(H,18,21)(H,22,23)/t13-/m1/s1. The molecule has 1 aliphatic rings. The van der Waals surface area contributed by atoms with Crippen molar-refractivity contribution in [1.82, 2.24) is 9.78 Å². The smallest absolute Gasteiger partial charge is 0.335 e. The van der Waals surface area contributed by atoms with Gasteiger partial charge in [-0.05, 0) is 31.5 Å². The van der Waals surface area contributed by atoms with Crippen LogP contribution in [0.15, 0.2) is 29.1 Å². The van der Waals surface area contributed by atoms with E-state index in [0.29, 0.717) is 11.4 Å². The molecular weight excluding hydrogens is 330 g/mol. The number of nitrogens with one attached hydrogen (secondary N) is 2. The number of carboxylic acids is 1. The number of rotatable bonds is 3. The molecule has 0 spiro atoms. The Kier molecular flexibility index (Phi) is 4.23. The molecule has 3 N–H and O–H groups in total. The quantitative estimate of drug-likeness (QED) is 0.790. The van der Waals surface area contributed by atoms with Crippen LogP contribution in [-0.2, 0) is 4.79 Å². The van der Waals surface area contributed by atoms with Crippen LogP contribution in [0.2, 0.25) is 0 Å². The number of carboxylic acid groups (broad SMARTS) is 1. The fourth-order valence-electron chi connectivity index (χ4n) is 2.69. The molecule has 1 aromatic carbocycles. The van der Waals surface area contributed by atoms with E-state index in [1.807, 2.05) is 13.8 Å². The van der Waals surface area contributed by atoms with E-state index in [2.05, 4.69) is 10.4 Å². The van der Waals surface area contributed by atoms with Crippen molar-refractivity contribution in [3.05, 3.63) is 51.3 Å². The molecule has 1 atom stereocenters. The van der Waals surface area contributed by atoms with Gasteiger partial charge >= 0.3 is 5.97 Å². The average Bonchev–Trinajstić information content (AvgIpc) is 2.75. The summed E-state index contributed by atoms with van der Waals surface area (Å²) in [6.45, 7) is 3.83. The van der Waals surface area contributed by atoms with Crippen molar-refractivity contribution in [3.8, 4) is 0 Å². The zero-order chi connectivity index (χ0) is 17.4. The van der Waals surface area contributed by atoms with Gasteiger partial charge in [0, 0.05) is 6.04 Å². The number of H-pyrrole nitrogens is 1. The van der Waals surface area contributed by atoms with Crippen LogP contribution in [0.25, 0.3) is 0 Å². The lowest BCUT2D eigenvalue weighted by Gasteiger charge is -2.15. The van der Waals surface area contributed by atoms with Crippen molar-refractivity contribution >= 4 is 29.5 Å². The van der Waals surface area contributed by atoms with Gasteiger partial charge in [-0.2, -0.15) is 0 Å². The summed E-state index contributed by atoms with van der Waals surface area (Å²) in [6.07, 6.45) is 0. The number of hydrogen-bond donors (Lipinski definition) is 3. The number of thioether (sulfide) groups is 1. The minimum Gasteiger partial charge on any atom is -0.478 e. The third-order valence-electron chi connectivity index (χ3n) is 3.84. The first-order valence-corrected chi connectivity index (χ1v) is 8.52. The fraction of sp³-hybridized carbons (Fsp3) is 0.312. The van der Waals surface area contributed by atoms with Crippen molar-refractivity contribution in [2.24, 2.45) is 0 Å². The average molecular weight is 347 g/mol. The maximum Gasteiger partial charge on any atom is 0.335 e. The number of fused-ring (bicyclic) bond motifs is 1. The molecular formula is C16H17N3O4S. The lowest BCUT2D eigenvalue weighted by Crippen LogP contribution is -2.17. The molecule has 24 heavy (non-hydrogen) atoms. The van der Waals surface area contributed by atoms with E-state index in [1.165, 1.54) is 23.9 Å². The van der Waals surface area contributed by atoms with E-state index in [9.17, 15) is 14.4 Å². The zero-order valence-corrected chi connectivity index (χ0v) is 14.0. The number of hydrogen-bond acceptors (Lipinski definition) is 4. The molecule has 1 amide bonds. The molecule has 0 bridgehead atoms. The Balaban J connectivity index is 2.12. The van der Waals surface area contributed by atoms with Gasteiger partial charge in [0.05, 0.1) is 22.1 Å². The van der Waals surface area contributed by atoms with Crippen LogP contribution in [-0.4, -0.2) is 32.5 Å². The highest BCUT2D eigenvalue weighted by Gasteiger charge is 2.30. The largest absolute Gasteiger partial charge is 0.478 e. The lowest BCUT2D eigenvalue weighted by atomic mass is 10.0. The Morgan fingerprint density at radius 1 is 1.29 bits per heavy atom. The fourth-order valence-corrected chi connectivity index (χ4v) is 3.82. The third-order valence-corrected chi connectivity index (χ3v) is 5.11. The Morgan fingerprint density at radius 2 is 1.96 bits per heavy atom. The van der Waals surface area contributed by atoms with E-state index < -0.39 is 5.97 Å². The number of benzene rings is 1. The lowest BCUT2D eigenvalue weighted by molar-refractivity contribution is -0.113. The third kappa shape index (κ3) is 2.84. The Morgan fingerprint density at radius 3 is 2.54 bits per heavy atom. The Bertz CT molecular complexity index is 851.